The molecular formula is C13H13N3S. The van der Waals surface area contributed by atoms with Gasteiger partial charge in [0.15, 0.2) is 5.82 Å². The Balaban J connectivity index is 1.97. The molecule has 0 saturated heterocycles. The Labute approximate surface area is 105 Å². The van der Waals surface area contributed by atoms with Crippen LogP contribution in [0.1, 0.15) is 18.9 Å². The van der Waals surface area contributed by atoms with E-state index < -0.39 is 0 Å². The van der Waals surface area contributed by atoms with Gasteiger partial charge in [-0.3, -0.25) is 0 Å². The average molecular weight is 243 g/mol. The fraction of sp³-hybridized carbons (Fsp3) is 0.231. The third-order valence-electron chi connectivity index (χ3n) is 2.71. The summed E-state index contributed by atoms with van der Waals surface area (Å²) >= 11 is 1.67. The molecule has 3 rings (SSSR count). The second kappa shape index (κ2) is 4.37. The SMILES string of the molecule is CCCc1ccc2c(c1)Nc1nccnc1S2. The lowest BCUT2D eigenvalue weighted by molar-refractivity contribution is 0.919. The summed E-state index contributed by atoms with van der Waals surface area (Å²) in [5, 5.41) is 4.29. The second-order valence-corrected chi connectivity index (χ2v) is 5.05. The predicted octanol–water partition coefficient (Wildman–Crippen LogP) is 3.64. The Morgan fingerprint density at radius 1 is 1.24 bits per heavy atom. The number of hydrogen-bond donors (Lipinski definition) is 1. The maximum absolute atomic E-state index is 4.31. The van der Waals surface area contributed by atoms with E-state index in [9.17, 15) is 0 Å². The topological polar surface area (TPSA) is 37.8 Å². The van der Waals surface area contributed by atoms with Crippen LogP contribution >= 0.6 is 11.8 Å². The number of anilines is 2. The van der Waals surface area contributed by atoms with E-state index in [2.05, 4.69) is 40.4 Å². The van der Waals surface area contributed by atoms with Crippen molar-refractivity contribution in [2.24, 2.45) is 0 Å². The molecule has 0 radical (unpaired) electrons. The second-order valence-electron chi connectivity index (χ2n) is 4.02. The van der Waals surface area contributed by atoms with Crippen molar-refractivity contribution in [2.45, 2.75) is 29.7 Å². The highest BCUT2D eigenvalue weighted by Crippen LogP contribution is 2.41. The molecule has 3 nitrogen and oxygen atoms in total. The largest absolute Gasteiger partial charge is 0.337 e. The summed E-state index contributed by atoms with van der Waals surface area (Å²) in [7, 11) is 0. The van der Waals surface area contributed by atoms with Crippen molar-refractivity contribution >= 4 is 23.3 Å². The monoisotopic (exact) mass is 243 g/mol. The first-order chi connectivity index (χ1) is 8.36. The lowest BCUT2D eigenvalue weighted by Gasteiger charge is -2.19. The molecule has 1 aromatic carbocycles. The van der Waals surface area contributed by atoms with Gasteiger partial charge in [-0.25, -0.2) is 9.97 Å². The molecule has 0 atom stereocenters. The zero-order chi connectivity index (χ0) is 11.7. The molecule has 2 heterocycles. The van der Waals surface area contributed by atoms with Gasteiger partial charge in [0.2, 0.25) is 0 Å². The van der Waals surface area contributed by atoms with Crippen LogP contribution in [0, 0.1) is 0 Å². The number of aromatic nitrogens is 2. The van der Waals surface area contributed by atoms with Gasteiger partial charge in [0.25, 0.3) is 0 Å². The van der Waals surface area contributed by atoms with Crippen LogP contribution in [0.4, 0.5) is 11.5 Å². The Morgan fingerprint density at radius 3 is 3.00 bits per heavy atom. The number of nitrogens with one attached hydrogen (secondary N) is 1. The van der Waals surface area contributed by atoms with E-state index in [1.807, 2.05) is 0 Å². The van der Waals surface area contributed by atoms with E-state index in [0.29, 0.717) is 0 Å². The van der Waals surface area contributed by atoms with Crippen molar-refractivity contribution in [3.05, 3.63) is 36.2 Å². The van der Waals surface area contributed by atoms with E-state index in [0.717, 1.165) is 23.0 Å². The Bertz CT molecular complexity index is 554. The summed E-state index contributed by atoms with van der Waals surface area (Å²) in [5.41, 5.74) is 2.51. The van der Waals surface area contributed by atoms with E-state index in [1.54, 1.807) is 24.2 Å². The minimum absolute atomic E-state index is 0.860. The maximum atomic E-state index is 4.31. The first-order valence-electron chi connectivity index (χ1n) is 5.75. The molecule has 0 unspecified atom stereocenters. The first kappa shape index (κ1) is 10.6. The van der Waals surface area contributed by atoms with Crippen LogP contribution in [0.3, 0.4) is 0 Å². The highest BCUT2D eigenvalue weighted by atomic mass is 32.2. The van der Waals surface area contributed by atoms with Gasteiger partial charge in [0, 0.05) is 17.3 Å². The summed E-state index contributed by atoms with van der Waals surface area (Å²) < 4.78 is 0. The van der Waals surface area contributed by atoms with Crippen LogP contribution in [-0.4, -0.2) is 9.97 Å². The summed E-state index contributed by atoms with van der Waals surface area (Å²) in [6.45, 7) is 2.20. The fourth-order valence-corrected chi connectivity index (χ4v) is 2.80. The Hall–Kier alpha value is -1.55. The van der Waals surface area contributed by atoms with Gasteiger partial charge in [-0.1, -0.05) is 31.2 Å². The number of nitrogens with zero attached hydrogens (tertiary/aromatic N) is 2. The van der Waals surface area contributed by atoms with Gasteiger partial charge in [-0.2, -0.15) is 0 Å². The van der Waals surface area contributed by atoms with Crippen molar-refractivity contribution < 1.29 is 0 Å². The maximum Gasteiger partial charge on any atom is 0.163 e. The standard InChI is InChI=1S/C13H13N3S/c1-2-3-9-4-5-11-10(8-9)16-12-13(17-11)15-7-6-14-12/h4-8H,2-3H2,1H3,(H,14,16). The molecule has 0 saturated carbocycles. The van der Waals surface area contributed by atoms with Crippen molar-refractivity contribution in [1.29, 1.82) is 0 Å². The Kier molecular flexibility index (Phi) is 2.73. The lowest BCUT2D eigenvalue weighted by Crippen LogP contribution is -2.03. The molecular weight excluding hydrogens is 230 g/mol. The predicted molar refractivity (Wildman–Crippen MR) is 69.9 cm³/mol. The van der Waals surface area contributed by atoms with Crippen LogP contribution < -0.4 is 5.32 Å². The molecule has 86 valence electrons. The van der Waals surface area contributed by atoms with Crippen molar-refractivity contribution in [3.63, 3.8) is 0 Å². The summed E-state index contributed by atoms with van der Waals surface area (Å²) in [4.78, 5) is 9.83. The van der Waals surface area contributed by atoms with E-state index in [1.165, 1.54) is 16.9 Å². The molecule has 0 bridgehead atoms. The zero-order valence-electron chi connectivity index (χ0n) is 9.60. The van der Waals surface area contributed by atoms with Gasteiger partial charge < -0.3 is 5.32 Å². The highest BCUT2D eigenvalue weighted by molar-refractivity contribution is 7.99. The highest BCUT2D eigenvalue weighted by Gasteiger charge is 2.17. The first-order valence-corrected chi connectivity index (χ1v) is 6.57. The summed E-state index contributed by atoms with van der Waals surface area (Å²) in [6.07, 6.45) is 5.73. The minimum atomic E-state index is 0.860. The Morgan fingerprint density at radius 2 is 2.12 bits per heavy atom. The molecule has 0 fully saturated rings. The van der Waals surface area contributed by atoms with Crippen molar-refractivity contribution in [1.82, 2.24) is 9.97 Å². The van der Waals surface area contributed by atoms with Crippen molar-refractivity contribution in [3.8, 4) is 0 Å². The molecule has 1 N–H and O–H groups in total. The molecule has 17 heavy (non-hydrogen) atoms. The third kappa shape index (κ3) is 2.00. The van der Waals surface area contributed by atoms with E-state index in [4.69, 9.17) is 0 Å². The number of hydrogen-bond acceptors (Lipinski definition) is 4. The minimum Gasteiger partial charge on any atom is -0.337 e. The van der Waals surface area contributed by atoms with Gasteiger partial charge in [0.05, 0.1) is 5.69 Å². The third-order valence-corrected chi connectivity index (χ3v) is 3.78. The number of fused-ring (bicyclic) bond motifs is 2. The van der Waals surface area contributed by atoms with Crippen molar-refractivity contribution in [2.75, 3.05) is 5.32 Å². The van der Waals surface area contributed by atoms with Gasteiger partial charge in [-0.05, 0) is 24.1 Å². The van der Waals surface area contributed by atoms with Crippen LogP contribution in [-0.2, 0) is 6.42 Å². The van der Waals surface area contributed by atoms with E-state index in [-0.39, 0.29) is 0 Å². The van der Waals surface area contributed by atoms with Gasteiger partial charge in [0.1, 0.15) is 5.03 Å². The molecule has 0 amide bonds. The van der Waals surface area contributed by atoms with Crippen LogP contribution in [0.25, 0.3) is 0 Å². The summed E-state index contributed by atoms with van der Waals surface area (Å²) in [6, 6.07) is 6.57. The molecule has 1 aromatic heterocycles. The normalized spacial score (nSPS) is 12.5. The van der Waals surface area contributed by atoms with Gasteiger partial charge >= 0.3 is 0 Å². The van der Waals surface area contributed by atoms with Crippen LogP contribution in [0.2, 0.25) is 0 Å². The van der Waals surface area contributed by atoms with E-state index >= 15 is 0 Å². The fourth-order valence-electron chi connectivity index (χ4n) is 1.93. The molecule has 4 heteroatoms. The molecule has 1 aliphatic rings. The molecule has 0 aliphatic carbocycles. The molecule has 0 spiro atoms. The average Bonchev–Trinajstić information content (AvgIpc) is 2.36. The molecule has 1 aliphatic heterocycles. The quantitative estimate of drug-likeness (QED) is 0.745. The number of aryl methyl sites for hydroxylation is 1. The number of benzene rings is 1. The van der Waals surface area contributed by atoms with Gasteiger partial charge in [-0.15, -0.1) is 0 Å². The smallest absolute Gasteiger partial charge is 0.163 e. The zero-order valence-corrected chi connectivity index (χ0v) is 10.4. The van der Waals surface area contributed by atoms with Crippen LogP contribution in [0.15, 0.2) is 40.5 Å². The lowest BCUT2D eigenvalue weighted by atomic mass is 10.1. The molecule has 2 aromatic rings. The number of rotatable bonds is 2. The van der Waals surface area contributed by atoms with Crippen LogP contribution in [0.5, 0.6) is 0 Å². The summed E-state index contributed by atoms with van der Waals surface area (Å²) in [5.74, 6) is 0.860.